The zero-order valence-electron chi connectivity index (χ0n) is 10.3. The highest BCUT2D eigenvalue weighted by Gasteiger charge is 2.33. The van der Waals surface area contributed by atoms with E-state index >= 15 is 0 Å². The molecule has 0 spiro atoms. The number of aromatic nitrogens is 2. The van der Waals surface area contributed by atoms with Gasteiger partial charge in [-0.2, -0.15) is 13.2 Å². The highest BCUT2D eigenvalue weighted by molar-refractivity contribution is 5.64. The first-order chi connectivity index (χ1) is 8.71. The summed E-state index contributed by atoms with van der Waals surface area (Å²) < 4.78 is 37.4. The Morgan fingerprint density at radius 3 is 2.53 bits per heavy atom. The molecular formula is C10H13F3N4O2. The molecule has 1 aromatic heterocycles. The van der Waals surface area contributed by atoms with Crippen LogP contribution in [0.3, 0.4) is 0 Å². The van der Waals surface area contributed by atoms with Crippen LogP contribution < -0.4 is 4.90 Å². The van der Waals surface area contributed by atoms with E-state index in [1.807, 2.05) is 0 Å². The zero-order chi connectivity index (χ0) is 14.6. The molecule has 0 aliphatic carbocycles. The summed E-state index contributed by atoms with van der Waals surface area (Å²) in [6.45, 7) is 0.315. The Hall–Kier alpha value is -2.06. The number of rotatable bonds is 4. The maximum atomic E-state index is 12.5. The van der Waals surface area contributed by atoms with E-state index in [0.29, 0.717) is 0 Å². The molecule has 0 saturated heterocycles. The van der Waals surface area contributed by atoms with Gasteiger partial charge in [0.2, 0.25) is 5.95 Å². The molecule has 0 aromatic carbocycles. The molecule has 9 heteroatoms. The molecule has 0 fully saturated rings. The molecular weight excluding hydrogens is 265 g/mol. The van der Waals surface area contributed by atoms with Gasteiger partial charge < -0.3 is 14.9 Å². The monoisotopic (exact) mass is 278 g/mol. The molecule has 1 rings (SSSR count). The molecule has 0 atom stereocenters. The van der Waals surface area contributed by atoms with Crippen LogP contribution in [0.1, 0.15) is 5.69 Å². The number of hydrogen-bond donors (Lipinski definition) is 1. The maximum Gasteiger partial charge on any atom is 0.433 e. The van der Waals surface area contributed by atoms with Gasteiger partial charge in [0.25, 0.3) is 0 Å². The highest BCUT2D eigenvalue weighted by Crippen LogP contribution is 2.27. The van der Waals surface area contributed by atoms with Gasteiger partial charge in [0.1, 0.15) is 5.69 Å². The lowest BCUT2D eigenvalue weighted by Gasteiger charge is -2.20. The zero-order valence-corrected chi connectivity index (χ0v) is 10.3. The quantitative estimate of drug-likeness (QED) is 0.904. The third-order valence-corrected chi connectivity index (χ3v) is 2.37. The van der Waals surface area contributed by atoms with Gasteiger partial charge in [-0.25, -0.2) is 14.8 Å². The summed E-state index contributed by atoms with van der Waals surface area (Å²) in [6.07, 6.45) is -4.63. The Morgan fingerprint density at radius 2 is 2.00 bits per heavy atom. The van der Waals surface area contributed by atoms with Gasteiger partial charge in [-0.15, -0.1) is 0 Å². The number of likely N-dealkylation sites (N-methyl/N-ethyl adjacent to an activating group) is 2. The van der Waals surface area contributed by atoms with Crippen molar-refractivity contribution in [2.75, 3.05) is 32.1 Å². The molecule has 19 heavy (non-hydrogen) atoms. The van der Waals surface area contributed by atoms with Gasteiger partial charge in [-0.1, -0.05) is 0 Å². The maximum absolute atomic E-state index is 12.5. The van der Waals surface area contributed by atoms with E-state index in [-0.39, 0.29) is 19.0 Å². The van der Waals surface area contributed by atoms with Gasteiger partial charge >= 0.3 is 12.3 Å². The third kappa shape index (κ3) is 4.27. The van der Waals surface area contributed by atoms with Crippen LogP contribution in [0.25, 0.3) is 0 Å². The lowest BCUT2D eigenvalue weighted by atomic mass is 10.4. The lowest BCUT2D eigenvalue weighted by Crippen LogP contribution is -2.34. The molecule has 0 bridgehead atoms. The van der Waals surface area contributed by atoms with Crippen LogP contribution in [-0.2, 0) is 6.18 Å². The van der Waals surface area contributed by atoms with Gasteiger partial charge in [-0.05, 0) is 6.07 Å². The number of halogens is 3. The van der Waals surface area contributed by atoms with Gasteiger partial charge in [0, 0.05) is 33.4 Å². The standard InChI is InChI=1S/C10H13F3N4O2/c1-16(5-6-17(2)9(18)19)8-14-4-3-7(15-8)10(11,12)13/h3-4H,5-6H2,1-2H3,(H,18,19). The SMILES string of the molecule is CN(CCN(C)c1nccc(C(F)(F)F)n1)C(=O)O. The predicted molar refractivity (Wildman–Crippen MR) is 61.0 cm³/mol. The molecule has 6 nitrogen and oxygen atoms in total. The topological polar surface area (TPSA) is 69.6 Å². The summed E-state index contributed by atoms with van der Waals surface area (Å²) in [4.78, 5) is 20.1. The van der Waals surface area contributed by atoms with Crippen LogP contribution in [0.2, 0.25) is 0 Å². The van der Waals surface area contributed by atoms with E-state index < -0.39 is 18.0 Å². The Bertz CT molecular complexity index is 453. The van der Waals surface area contributed by atoms with Crippen molar-refractivity contribution >= 4 is 12.0 Å². The minimum atomic E-state index is -4.53. The van der Waals surface area contributed by atoms with Crippen LogP contribution >= 0.6 is 0 Å². The van der Waals surface area contributed by atoms with Crippen molar-refractivity contribution < 1.29 is 23.1 Å². The summed E-state index contributed by atoms with van der Waals surface area (Å²) in [7, 11) is 2.86. The molecule has 0 aliphatic rings. The number of anilines is 1. The van der Waals surface area contributed by atoms with Gasteiger partial charge in [0.15, 0.2) is 0 Å². The van der Waals surface area contributed by atoms with Crippen molar-refractivity contribution in [3.05, 3.63) is 18.0 Å². The summed E-state index contributed by atoms with van der Waals surface area (Å²) in [5.41, 5.74) is -1.03. The van der Waals surface area contributed by atoms with E-state index in [2.05, 4.69) is 9.97 Å². The number of nitrogens with zero attached hydrogens (tertiary/aromatic N) is 4. The minimum absolute atomic E-state index is 0.103. The highest BCUT2D eigenvalue weighted by atomic mass is 19.4. The first-order valence-electron chi connectivity index (χ1n) is 5.27. The molecule has 1 amide bonds. The third-order valence-electron chi connectivity index (χ3n) is 2.37. The Labute approximate surface area is 107 Å². The molecule has 0 radical (unpaired) electrons. The molecule has 106 valence electrons. The average Bonchev–Trinajstić information content (AvgIpc) is 2.34. The molecule has 0 aliphatic heterocycles. The fourth-order valence-corrected chi connectivity index (χ4v) is 1.19. The van der Waals surface area contributed by atoms with E-state index in [4.69, 9.17) is 5.11 Å². The average molecular weight is 278 g/mol. The van der Waals surface area contributed by atoms with Crippen molar-refractivity contribution in [2.45, 2.75) is 6.18 Å². The second kappa shape index (κ2) is 5.72. The van der Waals surface area contributed by atoms with Crippen LogP contribution in [0.15, 0.2) is 12.3 Å². The number of alkyl halides is 3. The normalized spacial score (nSPS) is 11.2. The largest absolute Gasteiger partial charge is 0.465 e. The lowest BCUT2D eigenvalue weighted by molar-refractivity contribution is -0.141. The van der Waals surface area contributed by atoms with Crippen molar-refractivity contribution in [2.24, 2.45) is 0 Å². The van der Waals surface area contributed by atoms with Crippen LogP contribution in [-0.4, -0.2) is 53.3 Å². The Morgan fingerprint density at radius 1 is 1.37 bits per heavy atom. The molecule has 1 aromatic rings. The predicted octanol–water partition coefficient (Wildman–Crippen LogP) is 1.54. The van der Waals surface area contributed by atoms with Crippen molar-refractivity contribution in [3.8, 4) is 0 Å². The minimum Gasteiger partial charge on any atom is -0.465 e. The number of hydrogen-bond acceptors (Lipinski definition) is 4. The smallest absolute Gasteiger partial charge is 0.433 e. The molecule has 0 saturated carbocycles. The Kier molecular flexibility index (Phi) is 4.52. The molecule has 1 heterocycles. The van der Waals surface area contributed by atoms with E-state index in [1.54, 1.807) is 0 Å². The van der Waals surface area contributed by atoms with E-state index in [9.17, 15) is 18.0 Å². The number of amides is 1. The second-order valence-corrected chi connectivity index (χ2v) is 3.87. The number of carboxylic acid groups (broad SMARTS) is 1. The van der Waals surface area contributed by atoms with Gasteiger partial charge in [-0.3, -0.25) is 0 Å². The van der Waals surface area contributed by atoms with Crippen LogP contribution in [0.4, 0.5) is 23.9 Å². The summed E-state index contributed by atoms with van der Waals surface area (Å²) >= 11 is 0. The Balaban J connectivity index is 2.72. The molecule has 1 N–H and O–H groups in total. The van der Waals surface area contributed by atoms with Crippen molar-refractivity contribution in [1.29, 1.82) is 0 Å². The fraction of sp³-hybridized carbons (Fsp3) is 0.500. The summed E-state index contributed by atoms with van der Waals surface area (Å²) in [6, 6.07) is 0.778. The first-order valence-corrected chi connectivity index (χ1v) is 5.27. The fourth-order valence-electron chi connectivity index (χ4n) is 1.19. The van der Waals surface area contributed by atoms with E-state index in [1.165, 1.54) is 19.0 Å². The number of carbonyl (C=O) groups is 1. The van der Waals surface area contributed by atoms with Crippen molar-refractivity contribution in [1.82, 2.24) is 14.9 Å². The van der Waals surface area contributed by atoms with Crippen LogP contribution in [0, 0.1) is 0 Å². The van der Waals surface area contributed by atoms with E-state index in [0.717, 1.165) is 17.2 Å². The van der Waals surface area contributed by atoms with Crippen LogP contribution in [0.5, 0.6) is 0 Å². The molecule has 0 unspecified atom stereocenters. The first kappa shape index (κ1) is 15.0. The summed E-state index contributed by atoms with van der Waals surface area (Å²) in [5.74, 6) is -0.103. The van der Waals surface area contributed by atoms with Crippen molar-refractivity contribution in [3.63, 3.8) is 0 Å². The summed E-state index contributed by atoms with van der Waals surface area (Å²) in [5, 5.41) is 8.64. The second-order valence-electron chi connectivity index (χ2n) is 3.87. The van der Waals surface area contributed by atoms with Gasteiger partial charge in [0.05, 0.1) is 0 Å².